The maximum atomic E-state index is 10.3. The molecule has 0 aliphatic rings. The number of carbonyl (C=O) groups is 1. The number of carbonyl (C=O) groups excluding carboxylic acids is 1. The normalized spacial score (nSPS) is 9.56. The van der Waals surface area contributed by atoms with Crippen molar-refractivity contribution in [2.45, 2.75) is 0 Å². The van der Waals surface area contributed by atoms with Gasteiger partial charge >= 0.3 is 5.97 Å². The Kier molecular flexibility index (Phi) is 4.91. The van der Waals surface area contributed by atoms with Gasteiger partial charge in [0.2, 0.25) is 0 Å². The molecule has 5 heteroatoms. The van der Waals surface area contributed by atoms with Gasteiger partial charge < -0.3 is 9.57 Å². The molecule has 0 aromatic rings. The Bertz CT molecular complexity index is 114. The predicted octanol–water partition coefficient (Wildman–Crippen LogP) is 0.358. The second kappa shape index (κ2) is 5.37. The molecule has 0 amide bonds. The summed E-state index contributed by atoms with van der Waals surface area (Å²) < 4.78 is 4.24. The van der Waals surface area contributed by atoms with Crippen LogP contribution in [0.15, 0.2) is 5.16 Å². The minimum Gasteiger partial charge on any atom is -0.445 e. The van der Waals surface area contributed by atoms with Crippen LogP contribution in [0.25, 0.3) is 0 Å². The lowest BCUT2D eigenvalue weighted by Crippen LogP contribution is -2.03. The summed E-state index contributed by atoms with van der Waals surface area (Å²) in [5.41, 5.74) is 0. The van der Waals surface area contributed by atoms with E-state index in [4.69, 9.17) is 11.6 Å². The number of hydrogen-bond donors (Lipinski definition) is 0. The molecule has 52 valence electrons. The van der Waals surface area contributed by atoms with Crippen molar-refractivity contribution in [2.24, 2.45) is 5.16 Å². The van der Waals surface area contributed by atoms with Crippen LogP contribution >= 0.6 is 11.6 Å². The van der Waals surface area contributed by atoms with E-state index in [1.807, 2.05) is 0 Å². The monoisotopic (exact) mass is 151 g/mol. The Morgan fingerprint density at radius 3 is 3.00 bits per heavy atom. The standard InChI is InChI=1S/C4H6ClNO3/c1-8-6-2-4(7)9-3-5/h2H,3H2,1H3. The number of halogens is 1. The summed E-state index contributed by atoms with van der Waals surface area (Å²) in [6.07, 6.45) is 0.891. The fourth-order valence-corrected chi connectivity index (χ4v) is 0.294. The zero-order chi connectivity index (χ0) is 7.11. The largest absolute Gasteiger partial charge is 0.445 e. The maximum absolute atomic E-state index is 10.3. The Labute approximate surface area is 57.4 Å². The molecule has 0 unspecified atom stereocenters. The molecule has 0 rings (SSSR count). The first-order valence-electron chi connectivity index (χ1n) is 2.10. The van der Waals surface area contributed by atoms with Gasteiger partial charge in [-0.1, -0.05) is 16.8 Å². The SMILES string of the molecule is CON=CC(=O)OCCl. The summed E-state index contributed by atoms with van der Waals surface area (Å²) in [7, 11) is 1.32. The molecule has 0 aromatic carbocycles. The van der Waals surface area contributed by atoms with Crippen LogP contribution in [-0.4, -0.2) is 25.4 Å². The summed E-state index contributed by atoms with van der Waals surface area (Å²) in [6.45, 7) is 0. The van der Waals surface area contributed by atoms with Crippen molar-refractivity contribution in [3.8, 4) is 0 Å². The van der Waals surface area contributed by atoms with E-state index in [-0.39, 0.29) is 6.07 Å². The van der Waals surface area contributed by atoms with Gasteiger partial charge in [0.15, 0.2) is 12.3 Å². The smallest absolute Gasteiger partial charge is 0.354 e. The second-order valence-electron chi connectivity index (χ2n) is 0.990. The lowest BCUT2D eigenvalue weighted by Gasteiger charge is -1.90. The molecule has 0 aliphatic heterocycles. The summed E-state index contributed by atoms with van der Waals surface area (Å²) in [5.74, 6) is -0.619. The number of esters is 1. The summed E-state index contributed by atoms with van der Waals surface area (Å²) in [5, 5.41) is 3.13. The minimum absolute atomic E-state index is 0.172. The summed E-state index contributed by atoms with van der Waals surface area (Å²) in [6, 6.07) is -0.172. The lowest BCUT2D eigenvalue weighted by molar-refractivity contribution is -0.133. The van der Waals surface area contributed by atoms with Gasteiger partial charge in [-0.15, -0.1) is 0 Å². The van der Waals surface area contributed by atoms with E-state index >= 15 is 0 Å². The minimum atomic E-state index is -0.619. The fourth-order valence-electron chi connectivity index (χ4n) is 0.187. The third-order valence-corrected chi connectivity index (χ3v) is 0.569. The Morgan fingerprint density at radius 2 is 2.56 bits per heavy atom. The van der Waals surface area contributed by atoms with E-state index in [0.29, 0.717) is 0 Å². The third kappa shape index (κ3) is 5.10. The Balaban J connectivity index is 3.37. The summed E-state index contributed by atoms with van der Waals surface area (Å²) in [4.78, 5) is 14.5. The number of ether oxygens (including phenoxy) is 1. The molecular weight excluding hydrogens is 146 g/mol. The molecule has 0 heterocycles. The van der Waals surface area contributed by atoms with Crippen LogP contribution in [0.2, 0.25) is 0 Å². The number of nitrogens with zero attached hydrogens (tertiary/aromatic N) is 1. The molecule has 4 nitrogen and oxygen atoms in total. The fraction of sp³-hybridized carbons (Fsp3) is 0.500. The average molecular weight is 152 g/mol. The quantitative estimate of drug-likeness (QED) is 0.253. The highest BCUT2D eigenvalue weighted by Crippen LogP contribution is 1.78. The van der Waals surface area contributed by atoms with Gasteiger partial charge in [0.25, 0.3) is 0 Å². The van der Waals surface area contributed by atoms with Gasteiger partial charge in [0.1, 0.15) is 7.11 Å². The topological polar surface area (TPSA) is 47.9 Å². The lowest BCUT2D eigenvalue weighted by atomic mass is 10.8. The van der Waals surface area contributed by atoms with Gasteiger partial charge in [-0.05, 0) is 0 Å². The van der Waals surface area contributed by atoms with Crippen LogP contribution in [0.4, 0.5) is 0 Å². The van der Waals surface area contributed by atoms with E-state index in [9.17, 15) is 4.79 Å². The molecule has 0 aliphatic carbocycles. The molecule has 0 fully saturated rings. The zero-order valence-corrected chi connectivity index (χ0v) is 5.59. The van der Waals surface area contributed by atoms with Crippen LogP contribution in [0.3, 0.4) is 0 Å². The molecule has 0 N–H and O–H groups in total. The van der Waals surface area contributed by atoms with E-state index in [1.54, 1.807) is 0 Å². The van der Waals surface area contributed by atoms with E-state index < -0.39 is 5.97 Å². The first kappa shape index (κ1) is 8.23. The Hall–Kier alpha value is -0.770. The first-order chi connectivity index (χ1) is 4.31. The van der Waals surface area contributed by atoms with Gasteiger partial charge in [0, 0.05) is 0 Å². The van der Waals surface area contributed by atoms with Gasteiger partial charge in [-0.3, -0.25) is 0 Å². The molecule has 0 atom stereocenters. The van der Waals surface area contributed by atoms with Crippen molar-refractivity contribution in [3.05, 3.63) is 0 Å². The van der Waals surface area contributed by atoms with Gasteiger partial charge in [0.05, 0.1) is 0 Å². The molecule has 0 radical (unpaired) electrons. The van der Waals surface area contributed by atoms with Crippen LogP contribution in [0.1, 0.15) is 0 Å². The highest BCUT2D eigenvalue weighted by molar-refractivity contribution is 6.25. The van der Waals surface area contributed by atoms with Gasteiger partial charge in [-0.25, -0.2) is 4.79 Å². The van der Waals surface area contributed by atoms with Crippen LogP contribution in [-0.2, 0) is 14.4 Å². The van der Waals surface area contributed by atoms with Crippen molar-refractivity contribution in [1.82, 2.24) is 0 Å². The second-order valence-corrected chi connectivity index (χ2v) is 1.21. The van der Waals surface area contributed by atoms with Gasteiger partial charge in [-0.2, -0.15) is 0 Å². The average Bonchev–Trinajstić information content (AvgIpc) is 1.85. The number of rotatable bonds is 3. The number of hydrogen-bond acceptors (Lipinski definition) is 4. The van der Waals surface area contributed by atoms with Crippen molar-refractivity contribution in [2.75, 3.05) is 13.2 Å². The molecule has 0 bridgehead atoms. The van der Waals surface area contributed by atoms with Crippen LogP contribution in [0, 0.1) is 0 Å². The van der Waals surface area contributed by atoms with Crippen molar-refractivity contribution in [3.63, 3.8) is 0 Å². The van der Waals surface area contributed by atoms with Crippen LogP contribution < -0.4 is 0 Å². The molecule has 0 spiro atoms. The van der Waals surface area contributed by atoms with E-state index in [0.717, 1.165) is 6.21 Å². The van der Waals surface area contributed by atoms with Crippen molar-refractivity contribution < 1.29 is 14.4 Å². The molecule has 0 saturated carbocycles. The number of oxime groups is 1. The molecule has 0 saturated heterocycles. The molecule has 9 heavy (non-hydrogen) atoms. The predicted molar refractivity (Wildman–Crippen MR) is 32.3 cm³/mol. The molecular formula is C4H6ClNO3. The van der Waals surface area contributed by atoms with Crippen LogP contribution in [0.5, 0.6) is 0 Å². The van der Waals surface area contributed by atoms with E-state index in [1.165, 1.54) is 7.11 Å². The first-order valence-corrected chi connectivity index (χ1v) is 2.64. The maximum Gasteiger partial charge on any atom is 0.354 e. The van der Waals surface area contributed by atoms with Crippen molar-refractivity contribution >= 4 is 23.8 Å². The number of alkyl halides is 1. The molecule has 0 aromatic heterocycles. The Morgan fingerprint density at radius 1 is 1.89 bits per heavy atom. The van der Waals surface area contributed by atoms with E-state index in [2.05, 4.69) is 14.7 Å². The zero-order valence-electron chi connectivity index (χ0n) is 4.83. The highest BCUT2D eigenvalue weighted by atomic mass is 35.5. The van der Waals surface area contributed by atoms with Crippen molar-refractivity contribution in [1.29, 1.82) is 0 Å². The highest BCUT2D eigenvalue weighted by Gasteiger charge is 1.93. The third-order valence-electron chi connectivity index (χ3n) is 0.460. The summed E-state index contributed by atoms with van der Waals surface area (Å²) >= 11 is 5.03.